The number of amides is 1. The number of anilines is 1. The molecule has 0 spiro atoms. The topological polar surface area (TPSA) is 92.3 Å². The lowest BCUT2D eigenvalue weighted by Crippen LogP contribution is -2.50. The van der Waals surface area contributed by atoms with Gasteiger partial charge in [0.25, 0.3) is 0 Å². The summed E-state index contributed by atoms with van der Waals surface area (Å²) in [6.45, 7) is 4.39. The van der Waals surface area contributed by atoms with Gasteiger partial charge >= 0.3 is 0 Å². The van der Waals surface area contributed by atoms with Gasteiger partial charge in [-0.2, -0.15) is 0 Å². The summed E-state index contributed by atoms with van der Waals surface area (Å²) in [5.41, 5.74) is 0.709. The molecule has 5 N–H and O–H groups in total. The van der Waals surface area contributed by atoms with Crippen LogP contribution in [0.5, 0.6) is 0 Å². The van der Waals surface area contributed by atoms with E-state index in [9.17, 15) is 4.79 Å². The van der Waals surface area contributed by atoms with Crippen LogP contribution in [0.15, 0.2) is 30.1 Å². The van der Waals surface area contributed by atoms with Crippen molar-refractivity contribution in [1.82, 2.24) is 20.9 Å². The first-order valence-corrected chi connectivity index (χ1v) is 10.1. The van der Waals surface area contributed by atoms with Gasteiger partial charge < -0.3 is 26.2 Å². The Balaban J connectivity index is 1.87. The van der Waals surface area contributed by atoms with Crippen LogP contribution in [-0.2, 0) is 4.79 Å². The summed E-state index contributed by atoms with van der Waals surface area (Å²) in [5.74, 6) is 1.15. The zero-order chi connectivity index (χ0) is 20.5. The first-order valence-electron chi connectivity index (χ1n) is 9.37. The van der Waals surface area contributed by atoms with Gasteiger partial charge in [0.15, 0.2) is 0 Å². The molecule has 7 nitrogen and oxygen atoms in total. The van der Waals surface area contributed by atoms with Crippen LogP contribution in [0.25, 0.3) is 0 Å². The third kappa shape index (κ3) is 7.13. The van der Waals surface area contributed by atoms with Crippen molar-refractivity contribution in [3.05, 3.63) is 40.1 Å². The van der Waals surface area contributed by atoms with Gasteiger partial charge in [0, 0.05) is 54.5 Å². The van der Waals surface area contributed by atoms with Gasteiger partial charge in [-0.05, 0) is 38.0 Å². The van der Waals surface area contributed by atoms with Gasteiger partial charge in [-0.1, -0.05) is 23.2 Å². The predicted molar refractivity (Wildman–Crippen MR) is 116 cm³/mol. The van der Waals surface area contributed by atoms with Crippen molar-refractivity contribution in [2.45, 2.75) is 25.8 Å². The SMILES string of the molecule is CCNC(=N)/C=C(\NC)N1CCC[C@@H](NC(=O)CNc2cc(Cl)cc(Cl)c2)C1. The van der Waals surface area contributed by atoms with E-state index in [1.807, 2.05) is 14.0 Å². The molecule has 0 aromatic heterocycles. The van der Waals surface area contributed by atoms with Gasteiger partial charge in [0.2, 0.25) is 5.91 Å². The van der Waals surface area contributed by atoms with Crippen molar-refractivity contribution in [3.63, 3.8) is 0 Å². The molecule has 0 saturated carbocycles. The Morgan fingerprint density at radius 2 is 2.04 bits per heavy atom. The summed E-state index contributed by atoms with van der Waals surface area (Å²) in [6.07, 6.45) is 3.67. The van der Waals surface area contributed by atoms with Crippen molar-refractivity contribution in [2.75, 3.05) is 38.5 Å². The molecule has 1 amide bonds. The second-order valence-corrected chi connectivity index (χ2v) is 7.46. The lowest BCUT2D eigenvalue weighted by atomic mass is 10.1. The Labute approximate surface area is 176 Å². The second kappa shape index (κ2) is 11.0. The van der Waals surface area contributed by atoms with E-state index in [2.05, 4.69) is 26.2 Å². The molecule has 9 heteroatoms. The van der Waals surface area contributed by atoms with Crippen LogP contribution in [-0.4, -0.2) is 55.9 Å². The standard InChI is InChI=1S/C19H28Cl2N6O/c1-3-24-17(22)10-18(23-2)27-6-4-5-15(12-27)26-19(28)11-25-16-8-13(20)7-14(21)9-16/h7-10,15,23,25H,3-6,11-12H2,1-2H3,(H2,22,24)(H,26,28)/b18-10+/t15-/m1/s1. The molecule has 2 rings (SSSR count). The molecule has 1 saturated heterocycles. The number of piperidine rings is 1. The van der Waals surface area contributed by atoms with E-state index < -0.39 is 0 Å². The number of likely N-dealkylation sites (N-methyl/N-ethyl adjacent to an activating group) is 1. The molecule has 1 heterocycles. The number of nitrogens with zero attached hydrogens (tertiary/aromatic N) is 1. The molecular weight excluding hydrogens is 399 g/mol. The summed E-state index contributed by atoms with van der Waals surface area (Å²) in [4.78, 5) is 14.5. The molecular formula is C19H28Cl2N6O. The Morgan fingerprint density at radius 3 is 2.68 bits per heavy atom. The number of carbonyl (C=O) groups is 1. The van der Waals surface area contributed by atoms with Crippen LogP contribution < -0.4 is 21.3 Å². The highest BCUT2D eigenvalue weighted by Gasteiger charge is 2.22. The Morgan fingerprint density at radius 1 is 1.32 bits per heavy atom. The number of hydrogen-bond donors (Lipinski definition) is 5. The number of hydrogen-bond acceptors (Lipinski definition) is 5. The molecule has 154 valence electrons. The van der Waals surface area contributed by atoms with Crippen molar-refractivity contribution in [1.29, 1.82) is 5.41 Å². The predicted octanol–water partition coefficient (Wildman–Crippen LogP) is 2.63. The summed E-state index contributed by atoms with van der Waals surface area (Å²) in [6, 6.07) is 5.16. The highest BCUT2D eigenvalue weighted by Crippen LogP contribution is 2.22. The number of amidine groups is 1. The van der Waals surface area contributed by atoms with Crippen molar-refractivity contribution in [2.24, 2.45) is 0 Å². The zero-order valence-electron chi connectivity index (χ0n) is 16.2. The number of nitrogens with one attached hydrogen (secondary N) is 5. The van der Waals surface area contributed by atoms with Crippen molar-refractivity contribution >= 4 is 40.6 Å². The first-order chi connectivity index (χ1) is 13.4. The second-order valence-electron chi connectivity index (χ2n) is 6.59. The van der Waals surface area contributed by atoms with Crippen molar-refractivity contribution < 1.29 is 4.79 Å². The van der Waals surface area contributed by atoms with Gasteiger partial charge in [0.1, 0.15) is 11.7 Å². The molecule has 1 atom stereocenters. The smallest absolute Gasteiger partial charge is 0.239 e. The molecule has 1 aliphatic rings. The summed E-state index contributed by atoms with van der Waals surface area (Å²) >= 11 is 11.9. The number of carbonyl (C=O) groups excluding carboxylic acids is 1. The number of halogens is 2. The minimum Gasteiger partial charge on any atom is -0.376 e. The third-order valence-corrected chi connectivity index (χ3v) is 4.78. The molecule has 28 heavy (non-hydrogen) atoms. The lowest BCUT2D eigenvalue weighted by Gasteiger charge is -2.36. The fourth-order valence-corrected chi connectivity index (χ4v) is 3.66. The monoisotopic (exact) mass is 426 g/mol. The van der Waals surface area contributed by atoms with Gasteiger partial charge in [-0.3, -0.25) is 10.2 Å². The van der Waals surface area contributed by atoms with Crippen LogP contribution in [0.4, 0.5) is 5.69 Å². The summed E-state index contributed by atoms with van der Waals surface area (Å²) < 4.78 is 0. The van der Waals surface area contributed by atoms with E-state index in [0.717, 1.165) is 25.2 Å². The molecule has 0 aliphatic carbocycles. The van der Waals surface area contributed by atoms with Gasteiger partial charge in [-0.25, -0.2) is 0 Å². The Bertz CT molecular complexity index is 704. The normalized spacial score (nSPS) is 17.1. The molecule has 1 aromatic rings. The van der Waals surface area contributed by atoms with E-state index >= 15 is 0 Å². The molecule has 0 unspecified atom stereocenters. The van der Waals surface area contributed by atoms with Crippen LogP contribution in [0, 0.1) is 5.41 Å². The molecule has 1 aliphatic heterocycles. The van der Waals surface area contributed by atoms with Crippen LogP contribution >= 0.6 is 23.2 Å². The van der Waals surface area contributed by atoms with Crippen LogP contribution in [0.3, 0.4) is 0 Å². The average molecular weight is 427 g/mol. The summed E-state index contributed by atoms with van der Waals surface area (Å²) in [7, 11) is 1.84. The number of rotatable bonds is 8. The van der Waals surface area contributed by atoms with Gasteiger partial charge in [-0.15, -0.1) is 0 Å². The first kappa shape index (κ1) is 22.2. The minimum absolute atomic E-state index is 0.0519. The number of likely N-dealkylation sites (tertiary alicyclic amines) is 1. The molecule has 1 aromatic carbocycles. The van der Waals surface area contributed by atoms with E-state index in [1.165, 1.54) is 0 Å². The van der Waals surface area contributed by atoms with Gasteiger partial charge in [0.05, 0.1) is 6.54 Å². The maximum Gasteiger partial charge on any atom is 0.239 e. The highest BCUT2D eigenvalue weighted by atomic mass is 35.5. The zero-order valence-corrected chi connectivity index (χ0v) is 17.8. The van der Waals surface area contributed by atoms with Crippen molar-refractivity contribution in [3.8, 4) is 0 Å². The number of benzene rings is 1. The summed E-state index contributed by atoms with van der Waals surface area (Å²) in [5, 5.41) is 21.2. The fourth-order valence-electron chi connectivity index (χ4n) is 3.13. The maximum atomic E-state index is 12.3. The lowest BCUT2D eigenvalue weighted by molar-refractivity contribution is -0.120. The molecule has 1 fully saturated rings. The average Bonchev–Trinajstić information content (AvgIpc) is 2.64. The Kier molecular flexibility index (Phi) is 8.73. The molecule has 0 bridgehead atoms. The Hall–Kier alpha value is -2.12. The highest BCUT2D eigenvalue weighted by molar-refractivity contribution is 6.35. The van der Waals surface area contributed by atoms with Crippen LogP contribution in [0.1, 0.15) is 19.8 Å². The largest absolute Gasteiger partial charge is 0.376 e. The maximum absolute atomic E-state index is 12.3. The molecule has 0 radical (unpaired) electrons. The minimum atomic E-state index is -0.0849. The van der Waals surface area contributed by atoms with E-state index in [-0.39, 0.29) is 18.5 Å². The van der Waals surface area contributed by atoms with E-state index in [4.69, 9.17) is 28.6 Å². The van der Waals surface area contributed by atoms with E-state index in [1.54, 1.807) is 24.3 Å². The van der Waals surface area contributed by atoms with Crippen LogP contribution in [0.2, 0.25) is 10.0 Å². The van der Waals surface area contributed by atoms with E-state index in [0.29, 0.717) is 34.7 Å². The third-order valence-electron chi connectivity index (χ3n) is 4.35. The fraction of sp³-hybridized carbons (Fsp3) is 0.474. The quantitative estimate of drug-likeness (QED) is 0.325.